The second-order valence-electron chi connectivity index (χ2n) is 4.68. The molecule has 3 heterocycles. The quantitative estimate of drug-likeness (QED) is 0.802. The monoisotopic (exact) mass is 315 g/mol. The lowest BCUT2D eigenvalue weighted by Crippen LogP contribution is -2.18. The zero-order valence-corrected chi connectivity index (χ0v) is 12.6. The number of nitrogens with one attached hydrogen (secondary N) is 1. The number of aryl methyl sites for hydroxylation is 1. The molecule has 0 fully saturated rings. The van der Waals surface area contributed by atoms with Crippen molar-refractivity contribution in [3.05, 3.63) is 69.5 Å². The van der Waals surface area contributed by atoms with Crippen LogP contribution in [-0.4, -0.2) is 15.5 Å². The Labute approximate surface area is 130 Å². The van der Waals surface area contributed by atoms with Gasteiger partial charge in [-0.2, -0.15) is 0 Å². The summed E-state index contributed by atoms with van der Waals surface area (Å²) >= 11 is 1.35. The average molecular weight is 315 g/mol. The van der Waals surface area contributed by atoms with Gasteiger partial charge >= 0.3 is 0 Å². The van der Waals surface area contributed by atoms with Crippen molar-refractivity contribution < 1.29 is 9.21 Å². The minimum absolute atomic E-state index is 0.122. The van der Waals surface area contributed by atoms with Gasteiger partial charge in [0.1, 0.15) is 5.76 Å². The Hall–Kier alpha value is -2.67. The van der Waals surface area contributed by atoms with Crippen LogP contribution in [0.5, 0.6) is 0 Å². The van der Waals surface area contributed by atoms with Gasteiger partial charge in [0.05, 0.1) is 12.2 Å². The number of carbonyl (C=O) groups excluding carboxylic acids is 1. The van der Waals surface area contributed by atoms with E-state index in [1.165, 1.54) is 22.0 Å². The molecular weight excluding hydrogens is 302 g/mol. The molecule has 0 saturated carbocycles. The van der Waals surface area contributed by atoms with E-state index < -0.39 is 0 Å². The van der Waals surface area contributed by atoms with Gasteiger partial charge < -0.3 is 8.98 Å². The van der Waals surface area contributed by atoms with Crippen molar-refractivity contribution in [3.8, 4) is 0 Å². The number of anilines is 1. The van der Waals surface area contributed by atoms with Crippen LogP contribution in [0.25, 0.3) is 0 Å². The average Bonchev–Trinajstić information content (AvgIpc) is 3.11. The van der Waals surface area contributed by atoms with Crippen LogP contribution >= 0.6 is 11.3 Å². The maximum atomic E-state index is 12.0. The highest BCUT2D eigenvalue weighted by molar-refractivity contribution is 7.13. The van der Waals surface area contributed by atoms with E-state index in [9.17, 15) is 9.59 Å². The largest absolute Gasteiger partial charge is 0.454 e. The zero-order chi connectivity index (χ0) is 15.5. The highest BCUT2D eigenvalue weighted by atomic mass is 32.1. The highest BCUT2D eigenvalue weighted by Gasteiger charge is 2.13. The Morgan fingerprint density at radius 2 is 2.23 bits per heavy atom. The topological polar surface area (TPSA) is 77.1 Å². The normalized spacial score (nSPS) is 10.6. The van der Waals surface area contributed by atoms with Crippen LogP contribution in [0.1, 0.15) is 22.0 Å². The molecule has 1 N–H and O–H groups in total. The standard InChI is InChI=1S/C15H13N3O3S/c1-10-9-22-15(16-10)17-14(20)12-6-5-11(21-12)8-18-7-3-2-4-13(18)19/h2-7,9H,8H2,1H3,(H,16,17,20). The summed E-state index contributed by atoms with van der Waals surface area (Å²) in [6.45, 7) is 2.14. The predicted molar refractivity (Wildman–Crippen MR) is 83.3 cm³/mol. The summed E-state index contributed by atoms with van der Waals surface area (Å²) in [5, 5.41) is 5.05. The van der Waals surface area contributed by atoms with Crippen molar-refractivity contribution >= 4 is 22.4 Å². The second kappa shape index (κ2) is 5.98. The number of rotatable bonds is 4. The zero-order valence-electron chi connectivity index (χ0n) is 11.8. The van der Waals surface area contributed by atoms with Gasteiger partial charge in [-0.05, 0) is 25.1 Å². The van der Waals surface area contributed by atoms with Gasteiger partial charge in [-0.1, -0.05) is 6.07 Å². The number of hydrogen-bond acceptors (Lipinski definition) is 5. The minimum atomic E-state index is -0.360. The van der Waals surface area contributed by atoms with Crippen LogP contribution in [0.2, 0.25) is 0 Å². The van der Waals surface area contributed by atoms with Gasteiger partial charge in [0.2, 0.25) is 0 Å². The van der Waals surface area contributed by atoms with E-state index in [4.69, 9.17) is 4.42 Å². The van der Waals surface area contributed by atoms with Crippen LogP contribution in [0.15, 0.2) is 51.1 Å². The predicted octanol–water partition coefficient (Wildman–Crippen LogP) is 2.51. The molecule has 0 unspecified atom stereocenters. The summed E-state index contributed by atoms with van der Waals surface area (Å²) < 4.78 is 6.99. The third-order valence-corrected chi connectivity index (χ3v) is 3.83. The molecule has 0 aromatic carbocycles. The molecule has 3 aromatic rings. The van der Waals surface area contributed by atoms with E-state index in [0.29, 0.717) is 10.9 Å². The second-order valence-corrected chi connectivity index (χ2v) is 5.54. The summed E-state index contributed by atoms with van der Waals surface area (Å²) in [6, 6.07) is 8.18. The Morgan fingerprint density at radius 3 is 2.95 bits per heavy atom. The maximum Gasteiger partial charge on any atom is 0.293 e. The lowest BCUT2D eigenvalue weighted by Gasteiger charge is -2.02. The van der Waals surface area contributed by atoms with Gasteiger partial charge in [-0.25, -0.2) is 4.98 Å². The molecule has 0 spiro atoms. The Morgan fingerprint density at radius 1 is 1.36 bits per heavy atom. The third kappa shape index (κ3) is 3.15. The Balaban J connectivity index is 1.72. The first kappa shape index (κ1) is 14.3. The first-order chi connectivity index (χ1) is 10.6. The summed E-state index contributed by atoms with van der Waals surface area (Å²) in [7, 11) is 0. The van der Waals surface area contributed by atoms with E-state index in [1.807, 2.05) is 12.3 Å². The number of furan rings is 1. The molecule has 0 radical (unpaired) electrons. The summed E-state index contributed by atoms with van der Waals surface area (Å²) in [4.78, 5) is 27.9. The number of hydrogen-bond donors (Lipinski definition) is 1. The molecule has 0 atom stereocenters. The lowest BCUT2D eigenvalue weighted by molar-refractivity contribution is 0.0994. The van der Waals surface area contributed by atoms with Crippen LogP contribution in [0, 0.1) is 6.92 Å². The van der Waals surface area contributed by atoms with Crippen molar-refractivity contribution in [2.45, 2.75) is 13.5 Å². The maximum absolute atomic E-state index is 12.0. The molecule has 1 amide bonds. The molecule has 0 bridgehead atoms. The van der Waals surface area contributed by atoms with Crippen molar-refractivity contribution in [2.75, 3.05) is 5.32 Å². The van der Waals surface area contributed by atoms with Crippen LogP contribution < -0.4 is 10.9 Å². The summed E-state index contributed by atoms with van der Waals surface area (Å²) in [6.07, 6.45) is 1.67. The van der Waals surface area contributed by atoms with Crippen molar-refractivity contribution in [3.63, 3.8) is 0 Å². The third-order valence-electron chi connectivity index (χ3n) is 2.95. The number of thiazole rings is 1. The molecule has 112 valence electrons. The molecule has 3 aromatic heterocycles. The molecule has 6 nitrogen and oxygen atoms in total. The molecule has 0 aliphatic heterocycles. The molecule has 0 saturated heterocycles. The first-order valence-electron chi connectivity index (χ1n) is 6.59. The Bertz CT molecular complexity index is 863. The van der Waals surface area contributed by atoms with Gasteiger partial charge in [0.25, 0.3) is 11.5 Å². The van der Waals surface area contributed by atoms with Crippen LogP contribution in [0.4, 0.5) is 5.13 Å². The van der Waals surface area contributed by atoms with E-state index in [2.05, 4.69) is 10.3 Å². The molecular formula is C15H13N3O3S. The summed E-state index contributed by atoms with van der Waals surface area (Å²) in [5.41, 5.74) is 0.729. The van der Waals surface area contributed by atoms with Crippen molar-refractivity contribution in [1.29, 1.82) is 0 Å². The number of aromatic nitrogens is 2. The van der Waals surface area contributed by atoms with Crippen molar-refractivity contribution in [2.24, 2.45) is 0 Å². The molecule has 22 heavy (non-hydrogen) atoms. The minimum Gasteiger partial charge on any atom is -0.454 e. The van der Waals surface area contributed by atoms with E-state index in [1.54, 1.807) is 30.5 Å². The number of pyridine rings is 1. The molecule has 3 rings (SSSR count). The van der Waals surface area contributed by atoms with E-state index in [0.717, 1.165) is 5.69 Å². The fourth-order valence-electron chi connectivity index (χ4n) is 1.91. The summed E-state index contributed by atoms with van der Waals surface area (Å²) in [5.74, 6) is 0.363. The van der Waals surface area contributed by atoms with E-state index in [-0.39, 0.29) is 23.8 Å². The smallest absolute Gasteiger partial charge is 0.293 e. The highest BCUT2D eigenvalue weighted by Crippen LogP contribution is 2.16. The van der Waals surface area contributed by atoms with Crippen LogP contribution in [0.3, 0.4) is 0 Å². The fourth-order valence-corrected chi connectivity index (χ4v) is 2.60. The van der Waals surface area contributed by atoms with Crippen molar-refractivity contribution in [1.82, 2.24) is 9.55 Å². The lowest BCUT2D eigenvalue weighted by atomic mass is 10.4. The van der Waals surface area contributed by atoms with Gasteiger partial charge in [0, 0.05) is 17.6 Å². The number of nitrogens with zero attached hydrogens (tertiary/aromatic N) is 2. The fraction of sp³-hybridized carbons (Fsp3) is 0.133. The number of carbonyl (C=O) groups is 1. The van der Waals surface area contributed by atoms with E-state index >= 15 is 0 Å². The number of amides is 1. The SMILES string of the molecule is Cc1csc(NC(=O)c2ccc(Cn3ccccc3=O)o2)n1. The van der Waals surface area contributed by atoms with Gasteiger partial charge in [-0.3, -0.25) is 14.9 Å². The van der Waals surface area contributed by atoms with Gasteiger partial charge in [-0.15, -0.1) is 11.3 Å². The molecule has 0 aliphatic rings. The molecule has 7 heteroatoms. The Kier molecular flexibility index (Phi) is 3.88. The molecule has 0 aliphatic carbocycles. The van der Waals surface area contributed by atoms with Crippen LogP contribution in [-0.2, 0) is 6.54 Å². The first-order valence-corrected chi connectivity index (χ1v) is 7.47. The van der Waals surface area contributed by atoms with Gasteiger partial charge in [0.15, 0.2) is 10.9 Å².